The molecule has 0 spiro atoms. The fraction of sp³-hybridized carbons (Fsp3) is 0.0909. The van der Waals surface area contributed by atoms with Crippen LogP contribution < -0.4 is 15.4 Å². The molecule has 0 bridgehead atoms. The van der Waals surface area contributed by atoms with Crippen molar-refractivity contribution in [3.05, 3.63) is 71.3 Å². The number of aromatic amines is 1. The van der Waals surface area contributed by atoms with Crippen molar-refractivity contribution in [2.24, 2.45) is 0 Å². The van der Waals surface area contributed by atoms with E-state index in [-0.39, 0.29) is 5.91 Å². The van der Waals surface area contributed by atoms with E-state index in [1.54, 1.807) is 29.1 Å². The summed E-state index contributed by atoms with van der Waals surface area (Å²) in [4.78, 5) is 12.6. The zero-order chi connectivity index (χ0) is 22.9. The summed E-state index contributed by atoms with van der Waals surface area (Å²) in [5.41, 5.74) is 4.03. The number of benzene rings is 2. The number of carbonyl (C=O) groups is 1. The Morgan fingerprint density at radius 2 is 2.12 bits per heavy atom. The van der Waals surface area contributed by atoms with E-state index in [0.717, 1.165) is 27.8 Å². The molecule has 5 rings (SSSR count). The number of amides is 1. The molecule has 2 aromatic carbocycles. The molecule has 0 atom stereocenters. The molecule has 3 N–H and O–H groups in total. The Bertz CT molecular complexity index is 1460. The molecule has 5 aromatic rings. The Morgan fingerprint density at radius 1 is 1.24 bits per heavy atom. The van der Waals surface area contributed by atoms with Gasteiger partial charge in [-0.3, -0.25) is 9.89 Å². The molecule has 0 aliphatic carbocycles. The fourth-order valence-corrected chi connectivity index (χ4v) is 3.66. The highest BCUT2D eigenvalue weighted by Gasteiger charge is 2.16. The average molecular weight is 464 g/mol. The zero-order valence-electron chi connectivity index (χ0n) is 17.6. The number of nitrogens with zero attached hydrogens (tertiary/aromatic N) is 4. The van der Waals surface area contributed by atoms with Crippen molar-refractivity contribution in [1.29, 1.82) is 0 Å². The molecule has 0 saturated heterocycles. The standard InChI is InChI=1S/C22H18ClN7O3/c1-12-10-30(29-21(12)27-18-6-5-17-16(20(18)23)9-24-28-17)14-3-4-15(19(7-14)32-2)22(31)26-13-8-25-33-11-13/h3-11H,1-2H3,(H,24,28)(H,26,31)(H,27,29). The number of rotatable bonds is 6. The highest BCUT2D eigenvalue weighted by atomic mass is 35.5. The number of carbonyl (C=O) groups excluding carboxylic acids is 1. The number of methoxy groups -OCH3 is 1. The van der Waals surface area contributed by atoms with Gasteiger partial charge in [-0.2, -0.15) is 5.10 Å². The van der Waals surface area contributed by atoms with Gasteiger partial charge >= 0.3 is 0 Å². The third kappa shape index (κ3) is 3.87. The maximum Gasteiger partial charge on any atom is 0.259 e. The Labute approximate surface area is 192 Å². The van der Waals surface area contributed by atoms with E-state index in [0.29, 0.717) is 27.8 Å². The lowest BCUT2D eigenvalue weighted by Gasteiger charge is -2.10. The van der Waals surface area contributed by atoms with Crippen molar-refractivity contribution >= 4 is 45.6 Å². The molecule has 3 heterocycles. The van der Waals surface area contributed by atoms with Crippen LogP contribution in [0.2, 0.25) is 5.02 Å². The van der Waals surface area contributed by atoms with Crippen molar-refractivity contribution in [3.8, 4) is 11.4 Å². The molecular formula is C22H18ClN7O3. The van der Waals surface area contributed by atoms with Crippen molar-refractivity contribution < 1.29 is 14.1 Å². The molecule has 1 amide bonds. The maximum absolute atomic E-state index is 12.6. The Kier molecular flexibility index (Phi) is 5.19. The number of nitrogens with one attached hydrogen (secondary N) is 3. The van der Waals surface area contributed by atoms with Gasteiger partial charge in [-0.1, -0.05) is 16.8 Å². The molecule has 0 radical (unpaired) electrons. The highest BCUT2D eigenvalue weighted by Crippen LogP contribution is 2.33. The van der Waals surface area contributed by atoms with Gasteiger partial charge < -0.3 is 19.9 Å². The molecule has 0 aliphatic heterocycles. The van der Waals surface area contributed by atoms with E-state index in [4.69, 9.17) is 20.9 Å². The summed E-state index contributed by atoms with van der Waals surface area (Å²) in [6.45, 7) is 1.94. The lowest BCUT2D eigenvalue weighted by Crippen LogP contribution is -2.13. The van der Waals surface area contributed by atoms with Gasteiger partial charge in [0.2, 0.25) is 0 Å². The van der Waals surface area contributed by atoms with Gasteiger partial charge in [0, 0.05) is 23.2 Å². The van der Waals surface area contributed by atoms with Crippen LogP contribution in [0.15, 0.2) is 59.7 Å². The van der Waals surface area contributed by atoms with Gasteiger partial charge in [0.05, 0.1) is 47.0 Å². The zero-order valence-corrected chi connectivity index (χ0v) is 18.3. The second-order valence-corrected chi connectivity index (χ2v) is 7.62. The summed E-state index contributed by atoms with van der Waals surface area (Å²) in [7, 11) is 1.50. The van der Waals surface area contributed by atoms with Crippen LogP contribution in [-0.4, -0.2) is 38.2 Å². The van der Waals surface area contributed by atoms with Crippen molar-refractivity contribution in [2.45, 2.75) is 6.92 Å². The first-order chi connectivity index (χ1) is 16.0. The fourth-order valence-electron chi connectivity index (χ4n) is 3.40. The predicted octanol–water partition coefficient (Wildman–Crippen LogP) is 4.70. The number of H-pyrrole nitrogens is 1. The van der Waals surface area contributed by atoms with Crippen molar-refractivity contribution in [2.75, 3.05) is 17.7 Å². The van der Waals surface area contributed by atoms with Crippen molar-refractivity contribution in [3.63, 3.8) is 0 Å². The van der Waals surface area contributed by atoms with Crippen LogP contribution in [0.3, 0.4) is 0 Å². The third-order valence-corrected chi connectivity index (χ3v) is 5.50. The molecular weight excluding hydrogens is 446 g/mol. The summed E-state index contributed by atoms with van der Waals surface area (Å²) in [5.74, 6) is 0.704. The van der Waals surface area contributed by atoms with E-state index in [1.807, 2.05) is 25.3 Å². The summed E-state index contributed by atoms with van der Waals surface area (Å²) in [6.07, 6.45) is 6.31. The lowest BCUT2D eigenvalue weighted by molar-refractivity contribution is 0.102. The van der Waals surface area contributed by atoms with E-state index >= 15 is 0 Å². The SMILES string of the molecule is COc1cc(-n2cc(C)c(Nc3ccc4[nH]ncc4c3Cl)n2)ccc1C(=O)Nc1cnoc1. The number of anilines is 3. The third-order valence-electron chi connectivity index (χ3n) is 5.09. The molecule has 0 fully saturated rings. The van der Waals surface area contributed by atoms with Crippen LogP contribution in [0.4, 0.5) is 17.2 Å². The van der Waals surface area contributed by atoms with Gasteiger partial charge in [0.15, 0.2) is 5.82 Å². The van der Waals surface area contributed by atoms with Crippen LogP contribution >= 0.6 is 11.6 Å². The van der Waals surface area contributed by atoms with Crippen molar-refractivity contribution in [1.82, 2.24) is 25.1 Å². The summed E-state index contributed by atoms with van der Waals surface area (Å²) >= 11 is 6.53. The number of fused-ring (bicyclic) bond motifs is 1. The van der Waals surface area contributed by atoms with Crippen LogP contribution in [0.5, 0.6) is 5.75 Å². The van der Waals surface area contributed by atoms with Gasteiger partial charge in [-0.25, -0.2) is 4.68 Å². The minimum absolute atomic E-state index is 0.343. The highest BCUT2D eigenvalue weighted by molar-refractivity contribution is 6.38. The number of hydrogen-bond acceptors (Lipinski definition) is 7. The van der Waals surface area contributed by atoms with Crippen LogP contribution in [-0.2, 0) is 0 Å². The minimum Gasteiger partial charge on any atom is -0.496 e. The van der Waals surface area contributed by atoms with Gasteiger partial charge in [0.1, 0.15) is 17.7 Å². The maximum atomic E-state index is 12.6. The molecule has 0 aliphatic rings. The molecule has 0 saturated carbocycles. The molecule has 0 unspecified atom stereocenters. The van der Waals surface area contributed by atoms with E-state index < -0.39 is 0 Å². The smallest absolute Gasteiger partial charge is 0.259 e. The minimum atomic E-state index is -0.343. The molecule has 166 valence electrons. The Hall–Kier alpha value is -4.31. The predicted molar refractivity (Wildman–Crippen MR) is 124 cm³/mol. The first kappa shape index (κ1) is 20.6. The quantitative estimate of drug-likeness (QED) is 0.333. The van der Waals surface area contributed by atoms with Crippen LogP contribution in [0.25, 0.3) is 16.6 Å². The van der Waals surface area contributed by atoms with E-state index in [9.17, 15) is 4.79 Å². The largest absolute Gasteiger partial charge is 0.496 e. The number of aromatic nitrogens is 5. The van der Waals surface area contributed by atoms with E-state index in [2.05, 4.69) is 31.1 Å². The average Bonchev–Trinajstić information content (AvgIpc) is 3.57. The Morgan fingerprint density at radius 3 is 2.91 bits per heavy atom. The van der Waals surface area contributed by atoms with Gasteiger partial charge in [-0.15, -0.1) is 5.10 Å². The van der Waals surface area contributed by atoms with Gasteiger partial charge in [0.25, 0.3) is 5.91 Å². The number of hydrogen-bond donors (Lipinski definition) is 3. The summed E-state index contributed by atoms with van der Waals surface area (Å²) in [5, 5.41) is 22.5. The molecule has 33 heavy (non-hydrogen) atoms. The van der Waals surface area contributed by atoms with Crippen LogP contribution in [0.1, 0.15) is 15.9 Å². The van der Waals surface area contributed by atoms with E-state index in [1.165, 1.54) is 19.6 Å². The number of aryl methyl sites for hydroxylation is 1. The summed E-state index contributed by atoms with van der Waals surface area (Å²) < 4.78 is 11.9. The normalized spacial score (nSPS) is 11.0. The number of halogens is 1. The topological polar surface area (TPSA) is 123 Å². The summed E-state index contributed by atoms with van der Waals surface area (Å²) in [6, 6.07) is 8.96. The molecule has 11 heteroatoms. The molecule has 10 nitrogen and oxygen atoms in total. The molecule has 3 aromatic heterocycles. The first-order valence-electron chi connectivity index (χ1n) is 9.87. The number of ether oxygens (including phenoxy) is 1. The monoisotopic (exact) mass is 463 g/mol. The van der Waals surface area contributed by atoms with Crippen LogP contribution in [0, 0.1) is 6.92 Å². The first-order valence-corrected chi connectivity index (χ1v) is 10.3. The van der Waals surface area contributed by atoms with Gasteiger partial charge in [-0.05, 0) is 31.2 Å². The second kappa shape index (κ2) is 8.32. The lowest BCUT2D eigenvalue weighted by atomic mass is 10.1. The second-order valence-electron chi connectivity index (χ2n) is 7.24. The Balaban J connectivity index is 1.42.